The topological polar surface area (TPSA) is 26.0 Å². The number of hydrogen-bond donors (Lipinski definition) is 1. The Morgan fingerprint density at radius 3 is 2.30 bits per heavy atom. The summed E-state index contributed by atoms with van der Waals surface area (Å²) in [5.41, 5.74) is 7.50. The molecule has 0 saturated heterocycles. The first-order valence-corrected chi connectivity index (χ1v) is 3.31. The summed E-state index contributed by atoms with van der Waals surface area (Å²) in [5.74, 6) is 0. The van der Waals surface area contributed by atoms with E-state index in [1.807, 2.05) is 43.3 Å². The van der Waals surface area contributed by atoms with Gasteiger partial charge >= 0.3 is 0 Å². The maximum absolute atomic E-state index is 5.50. The molecule has 0 heterocycles. The molecule has 0 unspecified atom stereocenters. The van der Waals surface area contributed by atoms with Crippen molar-refractivity contribution in [2.75, 3.05) is 5.73 Å². The average molecular weight is 133 g/mol. The molecule has 0 atom stereocenters. The fraction of sp³-hybridized carbons (Fsp3) is 0.111. The van der Waals surface area contributed by atoms with Crippen LogP contribution in [0, 0.1) is 0 Å². The number of rotatable bonds is 1. The molecule has 2 N–H and O–H groups in total. The molecule has 10 heavy (non-hydrogen) atoms. The molecule has 0 bridgehead atoms. The summed E-state index contributed by atoms with van der Waals surface area (Å²) in [6, 6.07) is 7.79. The van der Waals surface area contributed by atoms with Gasteiger partial charge in [-0.05, 0) is 24.6 Å². The van der Waals surface area contributed by atoms with Crippen molar-refractivity contribution in [3.8, 4) is 0 Å². The van der Waals surface area contributed by atoms with Crippen molar-refractivity contribution < 1.29 is 0 Å². The van der Waals surface area contributed by atoms with Crippen LogP contribution in [0.4, 0.5) is 5.69 Å². The monoisotopic (exact) mass is 133 g/mol. The van der Waals surface area contributed by atoms with Crippen LogP contribution in [0.2, 0.25) is 0 Å². The number of benzene rings is 1. The second-order valence-corrected chi connectivity index (χ2v) is 2.17. The third-order valence-electron chi connectivity index (χ3n) is 1.30. The highest BCUT2D eigenvalue weighted by atomic mass is 14.5. The number of nitrogens with two attached hydrogens (primary N) is 1. The normalized spacial score (nSPS) is 10.5. The van der Waals surface area contributed by atoms with Crippen LogP contribution in [0.25, 0.3) is 6.08 Å². The Morgan fingerprint density at radius 2 is 1.80 bits per heavy atom. The predicted molar refractivity (Wildman–Crippen MR) is 45.6 cm³/mol. The van der Waals surface area contributed by atoms with Crippen molar-refractivity contribution in [2.45, 2.75) is 6.92 Å². The van der Waals surface area contributed by atoms with E-state index in [0.29, 0.717) is 0 Å². The second kappa shape index (κ2) is 3.06. The molecule has 0 saturated carbocycles. The highest BCUT2D eigenvalue weighted by Gasteiger charge is 1.83. The summed E-state index contributed by atoms with van der Waals surface area (Å²) in [6.45, 7) is 2.00. The minimum absolute atomic E-state index is 0.813. The molecule has 0 spiro atoms. The van der Waals surface area contributed by atoms with E-state index in [1.54, 1.807) is 0 Å². The standard InChI is InChI=1S/C9H11N/c1-2-3-8-4-6-9(10)7-5-8/h2-7H,10H2,1H3/b3-2+. The number of hydrogen-bond acceptors (Lipinski definition) is 1. The summed E-state index contributed by atoms with van der Waals surface area (Å²) in [6.07, 6.45) is 4.05. The van der Waals surface area contributed by atoms with E-state index in [-0.39, 0.29) is 0 Å². The maximum atomic E-state index is 5.50. The van der Waals surface area contributed by atoms with Gasteiger partial charge in [-0.2, -0.15) is 0 Å². The van der Waals surface area contributed by atoms with E-state index < -0.39 is 0 Å². The molecule has 0 radical (unpaired) electrons. The van der Waals surface area contributed by atoms with Gasteiger partial charge in [-0.15, -0.1) is 0 Å². The van der Waals surface area contributed by atoms with Gasteiger partial charge in [0, 0.05) is 5.69 Å². The Labute approximate surface area is 61.2 Å². The van der Waals surface area contributed by atoms with Crippen LogP contribution in [0.3, 0.4) is 0 Å². The molecule has 0 aromatic heterocycles. The molecule has 0 amide bonds. The van der Waals surface area contributed by atoms with Crippen molar-refractivity contribution in [3.05, 3.63) is 35.9 Å². The van der Waals surface area contributed by atoms with Crippen LogP contribution in [-0.2, 0) is 0 Å². The van der Waals surface area contributed by atoms with Crippen molar-refractivity contribution in [3.63, 3.8) is 0 Å². The summed E-state index contributed by atoms with van der Waals surface area (Å²) >= 11 is 0. The number of anilines is 1. The minimum Gasteiger partial charge on any atom is -0.399 e. The second-order valence-electron chi connectivity index (χ2n) is 2.17. The van der Waals surface area contributed by atoms with Crippen LogP contribution in [-0.4, -0.2) is 0 Å². The lowest BCUT2D eigenvalue weighted by atomic mass is 10.2. The number of nitrogen functional groups attached to an aromatic ring is 1. The molecule has 52 valence electrons. The zero-order valence-electron chi connectivity index (χ0n) is 6.04. The Bertz CT molecular complexity index is 221. The van der Waals surface area contributed by atoms with E-state index >= 15 is 0 Å². The van der Waals surface area contributed by atoms with Gasteiger partial charge in [0.1, 0.15) is 0 Å². The lowest BCUT2D eigenvalue weighted by Gasteiger charge is -1.92. The first-order valence-electron chi connectivity index (χ1n) is 3.31. The summed E-state index contributed by atoms with van der Waals surface area (Å²) < 4.78 is 0. The molecule has 0 aliphatic carbocycles. The lowest BCUT2D eigenvalue weighted by Crippen LogP contribution is -1.82. The molecule has 1 rings (SSSR count). The maximum Gasteiger partial charge on any atom is 0.0314 e. The Morgan fingerprint density at radius 1 is 1.20 bits per heavy atom. The smallest absolute Gasteiger partial charge is 0.0314 e. The lowest BCUT2D eigenvalue weighted by molar-refractivity contribution is 1.63. The Kier molecular flexibility index (Phi) is 2.11. The van der Waals surface area contributed by atoms with Gasteiger partial charge in [-0.25, -0.2) is 0 Å². The van der Waals surface area contributed by atoms with E-state index in [0.717, 1.165) is 5.69 Å². The molecule has 1 aromatic rings. The van der Waals surface area contributed by atoms with Crippen molar-refractivity contribution >= 4 is 11.8 Å². The van der Waals surface area contributed by atoms with Crippen LogP contribution >= 0.6 is 0 Å². The van der Waals surface area contributed by atoms with Gasteiger partial charge in [0.2, 0.25) is 0 Å². The van der Waals surface area contributed by atoms with E-state index in [9.17, 15) is 0 Å². The number of allylic oxidation sites excluding steroid dienone is 1. The summed E-state index contributed by atoms with van der Waals surface area (Å²) in [5, 5.41) is 0. The first-order chi connectivity index (χ1) is 4.83. The Balaban J connectivity index is 2.89. The molecular formula is C9H11N. The van der Waals surface area contributed by atoms with Crippen molar-refractivity contribution in [1.29, 1.82) is 0 Å². The van der Waals surface area contributed by atoms with Crippen LogP contribution < -0.4 is 5.73 Å². The summed E-state index contributed by atoms with van der Waals surface area (Å²) in [7, 11) is 0. The SMILES string of the molecule is C/C=C/c1ccc(N)cc1. The van der Waals surface area contributed by atoms with Gasteiger partial charge in [0.05, 0.1) is 0 Å². The predicted octanol–water partition coefficient (Wildman–Crippen LogP) is 2.30. The first kappa shape index (κ1) is 6.87. The molecular weight excluding hydrogens is 122 g/mol. The van der Waals surface area contributed by atoms with E-state index in [2.05, 4.69) is 0 Å². The molecule has 0 aliphatic rings. The zero-order valence-corrected chi connectivity index (χ0v) is 6.04. The van der Waals surface area contributed by atoms with Crippen molar-refractivity contribution in [2.24, 2.45) is 0 Å². The van der Waals surface area contributed by atoms with Crippen LogP contribution in [0.5, 0.6) is 0 Å². The molecule has 1 heteroatoms. The third-order valence-corrected chi connectivity index (χ3v) is 1.30. The van der Waals surface area contributed by atoms with Gasteiger partial charge in [-0.1, -0.05) is 24.3 Å². The largest absolute Gasteiger partial charge is 0.399 e. The summed E-state index contributed by atoms with van der Waals surface area (Å²) in [4.78, 5) is 0. The van der Waals surface area contributed by atoms with Gasteiger partial charge < -0.3 is 5.73 Å². The van der Waals surface area contributed by atoms with E-state index in [4.69, 9.17) is 5.73 Å². The molecule has 0 aliphatic heterocycles. The van der Waals surface area contributed by atoms with Gasteiger partial charge in [0.25, 0.3) is 0 Å². The Hall–Kier alpha value is -1.24. The molecule has 1 nitrogen and oxygen atoms in total. The minimum atomic E-state index is 0.813. The average Bonchev–Trinajstić information content (AvgIpc) is 1.95. The zero-order chi connectivity index (χ0) is 7.40. The fourth-order valence-electron chi connectivity index (χ4n) is 0.800. The quantitative estimate of drug-likeness (QED) is 0.584. The highest BCUT2D eigenvalue weighted by Crippen LogP contribution is 2.06. The third kappa shape index (κ3) is 1.62. The van der Waals surface area contributed by atoms with Crippen LogP contribution in [0.15, 0.2) is 30.3 Å². The molecule has 0 fully saturated rings. The van der Waals surface area contributed by atoms with Gasteiger partial charge in [0.15, 0.2) is 0 Å². The fourth-order valence-corrected chi connectivity index (χ4v) is 0.800. The highest BCUT2D eigenvalue weighted by molar-refractivity contribution is 5.52. The van der Waals surface area contributed by atoms with Gasteiger partial charge in [-0.3, -0.25) is 0 Å². The van der Waals surface area contributed by atoms with Crippen molar-refractivity contribution in [1.82, 2.24) is 0 Å². The van der Waals surface area contributed by atoms with Crippen LogP contribution in [0.1, 0.15) is 12.5 Å². The van der Waals surface area contributed by atoms with E-state index in [1.165, 1.54) is 5.56 Å². The molecule has 1 aromatic carbocycles.